The molecule has 0 aliphatic carbocycles. The number of nitrogens with zero attached hydrogens (tertiary/aromatic N) is 2. The molecule has 0 N–H and O–H groups in total. The third-order valence-electron chi connectivity index (χ3n) is 5.54. The summed E-state index contributed by atoms with van der Waals surface area (Å²) in [5, 5.41) is 0. The second kappa shape index (κ2) is 5.71. The molecule has 0 spiro atoms. The zero-order chi connectivity index (χ0) is 14.2. The van der Waals surface area contributed by atoms with Crippen molar-refractivity contribution < 1.29 is 4.74 Å². The van der Waals surface area contributed by atoms with E-state index in [2.05, 4.69) is 41.0 Å². The monoisotopic (exact) mass is 286 g/mol. The van der Waals surface area contributed by atoms with E-state index in [-0.39, 0.29) is 0 Å². The number of aryl methyl sites for hydroxylation is 1. The fraction of sp³-hybridized carbons (Fsp3) is 0.667. The van der Waals surface area contributed by atoms with E-state index < -0.39 is 0 Å². The van der Waals surface area contributed by atoms with Gasteiger partial charge in [-0.1, -0.05) is 29.8 Å². The van der Waals surface area contributed by atoms with Gasteiger partial charge < -0.3 is 4.74 Å². The first-order chi connectivity index (χ1) is 10.3. The van der Waals surface area contributed by atoms with Crippen molar-refractivity contribution in [1.82, 2.24) is 9.80 Å². The van der Waals surface area contributed by atoms with Crippen molar-refractivity contribution in [3.05, 3.63) is 35.4 Å². The summed E-state index contributed by atoms with van der Waals surface area (Å²) in [5.41, 5.74) is 2.81. The maximum atomic E-state index is 5.55. The van der Waals surface area contributed by atoms with Gasteiger partial charge in [0.05, 0.1) is 6.61 Å². The van der Waals surface area contributed by atoms with Gasteiger partial charge in [-0.15, -0.1) is 0 Å². The number of likely N-dealkylation sites (tertiary alicyclic amines) is 2. The fourth-order valence-corrected chi connectivity index (χ4v) is 4.32. The minimum Gasteiger partial charge on any atom is -0.380 e. The second-order valence-corrected chi connectivity index (χ2v) is 7.17. The van der Waals surface area contributed by atoms with Crippen LogP contribution in [0, 0.1) is 18.8 Å². The summed E-state index contributed by atoms with van der Waals surface area (Å²) >= 11 is 0. The Labute approximate surface area is 127 Å². The first kappa shape index (κ1) is 13.7. The zero-order valence-electron chi connectivity index (χ0n) is 13.0. The van der Waals surface area contributed by atoms with Crippen LogP contribution < -0.4 is 0 Å². The molecular formula is C18H26N2O. The summed E-state index contributed by atoms with van der Waals surface area (Å²) in [5.74, 6) is 1.77. The highest BCUT2D eigenvalue weighted by molar-refractivity contribution is 5.21. The van der Waals surface area contributed by atoms with E-state index in [0.717, 1.165) is 31.6 Å². The maximum Gasteiger partial charge on any atom is 0.0622 e. The van der Waals surface area contributed by atoms with Crippen LogP contribution in [0.4, 0.5) is 0 Å². The molecular weight excluding hydrogens is 260 g/mol. The van der Waals surface area contributed by atoms with Gasteiger partial charge in [-0.05, 0) is 30.7 Å². The quantitative estimate of drug-likeness (QED) is 0.847. The number of benzene rings is 1. The highest BCUT2D eigenvalue weighted by Crippen LogP contribution is 2.34. The molecule has 3 atom stereocenters. The van der Waals surface area contributed by atoms with Crippen LogP contribution in [0.2, 0.25) is 0 Å². The zero-order valence-corrected chi connectivity index (χ0v) is 13.0. The summed E-state index contributed by atoms with van der Waals surface area (Å²) in [6.45, 7) is 10.4. The average Bonchev–Trinajstić information content (AvgIpc) is 3.15. The van der Waals surface area contributed by atoms with E-state index in [4.69, 9.17) is 4.74 Å². The van der Waals surface area contributed by atoms with Gasteiger partial charge in [0.25, 0.3) is 0 Å². The molecule has 0 aromatic heterocycles. The smallest absolute Gasteiger partial charge is 0.0622 e. The Morgan fingerprint density at radius 3 is 2.38 bits per heavy atom. The van der Waals surface area contributed by atoms with Crippen LogP contribution in [0.15, 0.2) is 24.3 Å². The molecule has 3 aliphatic rings. The molecule has 4 rings (SSSR count). The largest absolute Gasteiger partial charge is 0.380 e. The Morgan fingerprint density at radius 2 is 1.76 bits per heavy atom. The molecule has 3 saturated heterocycles. The molecule has 1 aromatic carbocycles. The van der Waals surface area contributed by atoms with Crippen LogP contribution in [0.3, 0.4) is 0 Å². The summed E-state index contributed by atoms with van der Waals surface area (Å²) < 4.78 is 5.55. The Morgan fingerprint density at radius 1 is 1.05 bits per heavy atom. The lowest BCUT2D eigenvalue weighted by Crippen LogP contribution is -2.36. The van der Waals surface area contributed by atoms with Crippen LogP contribution in [-0.4, -0.2) is 55.2 Å². The van der Waals surface area contributed by atoms with Gasteiger partial charge in [0.2, 0.25) is 0 Å². The van der Waals surface area contributed by atoms with Crippen molar-refractivity contribution in [2.75, 3.05) is 39.4 Å². The van der Waals surface area contributed by atoms with Crippen LogP contribution in [-0.2, 0) is 11.3 Å². The highest BCUT2D eigenvalue weighted by Gasteiger charge is 2.42. The van der Waals surface area contributed by atoms with E-state index in [0.29, 0.717) is 6.04 Å². The first-order valence-electron chi connectivity index (χ1n) is 8.37. The van der Waals surface area contributed by atoms with Gasteiger partial charge in [-0.2, -0.15) is 0 Å². The molecule has 0 amide bonds. The highest BCUT2D eigenvalue weighted by atomic mass is 16.5. The summed E-state index contributed by atoms with van der Waals surface area (Å²) in [6, 6.07) is 9.74. The topological polar surface area (TPSA) is 15.7 Å². The minimum atomic E-state index is 0.709. The molecule has 3 heterocycles. The molecule has 3 fully saturated rings. The van der Waals surface area contributed by atoms with Crippen LogP contribution in [0.25, 0.3) is 0 Å². The minimum absolute atomic E-state index is 0.709. The number of fused-ring (bicyclic) bond motifs is 1. The molecule has 3 nitrogen and oxygen atoms in total. The van der Waals surface area contributed by atoms with E-state index in [1.54, 1.807) is 0 Å². The Balaban J connectivity index is 1.32. The summed E-state index contributed by atoms with van der Waals surface area (Å²) in [6.07, 6.45) is 1.24. The predicted molar refractivity (Wildman–Crippen MR) is 84.2 cm³/mol. The lowest BCUT2D eigenvalue weighted by atomic mass is 10.0. The Kier molecular flexibility index (Phi) is 3.74. The number of hydrogen-bond acceptors (Lipinski definition) is 3. The molecule has 0 radical (unpaired) electrons. The normalized spacial score (nSPS) is 33.7. The molecule has 0 saturated carbocycles. The van der Waals surface area contributed by atoms with Gasteiger partial charge in [0.15, 0.2) is 0 Å². The lowest BCUT2D eigenvalue weighted by Gasteiger charge is -2.25. The van der Waals surface area contributed by atoms with Gasteiger partial charge >= 0.3 is 0 Å². The fourth-order valence-electron chi connectivity index (χ4n) is 4.32. The van der Waals surface area contributed by atoms with Gasteiger partial charge in [-0.3, -0.25) is 9.80 Å². The number of rotatable bonds is 3. The van der Waals surface area contributed by atoms with Crippen LogP contribution >= 0.6 is 0 Å². The van der Waals surface area contributed by atoms with Crippen molar-refractivity contribution in [3.8, 4) is 0 Å². The maximum absolute atomic E-state index is 5.55. The van der Waals surface area contributed by atoms with E-state index in [9.17, 15) is 0 Å². The molecule has 0 unspecified atom stereocenters. The summed E-state index contributed by atoms with van der Waals surface area (Å²) in [4.78, 5) is 5.36. The molecule has 0 bridgehead atoms. The molecule has 3 aliphatic heterocycles. The van der Waals surface area contributed by atoms with E-state index >= 15 is 0 Å². The molecule has 1 aromatic rings. The van der Waals surface area contributed by atoms with Gasteiger partial charge in [-0.25, -0.2) is 0 Å². The number of hydrogen-bond donors (Lipinski definition) is 0. The third kappa shape index (κ3) is 2.87. The average molecular weight is 286 g/mol. The summed E-state index contributed by atoms with van der Waals surface area (Å²) in [7, 11) is 0. The van der Waals surface area contributed by atoms with Crippen molar-refractivity contribution in [1.29, 1.82) is 0 Å². The SMILES string of the molecule is Cc1ccc(CN2C[C@@H]3CN([C@@H]4CCOC4)C[C@@H]3C2)cc1. The lowest BCUT2D eigenvalue weighted by molar-refractivity contribution is 0.149. The Hall–Kier alpha value is -0.900. The van der Waals surface area contributed by atoms with Crippen molar-refractivity contribution in [3.63, 3.8) is 0 Å². The predicted octanol–water partition coefficient (Wildman–Crippen LogP) is 2.15. The molecule has 21 heavy (non-hydrogen) atoms. The van der Waals surface area contributed by atoms with Gasteiger partial charge in [0.1, 0.15) is 0 Å². The van der Waals surface area contributed by atoms with E-state index in [1.807, 2.05) is 0 Å². The third-order valence-corrected chi connectivity index (χ3v) is 5.54. The van der Waals surface area contributed by atoms with Crippen molar-refractivity contribution in [2.24, 2.45) is 11.8 Å². The second-order valence-electron chi connectivity index (χ2n) is 7.17. The number of ether oxygens (including phenoxy) is 1. The van der Waals surface area contributed by atoms with Crippen LogP contribution in [0.5, 0.6) is 0 Å². The first-order valence-corrected chi connectivity index (χ1v) is 8.37. The standard InChI is InChI=1S/C18H26N2O/c1-14-2-4-15(5-3-14)8-19-9-16-11-20(12-17(16)10-19)18-6-7-21-13-18/h2-5,16-18H,6-13H2,1H3/t16-,17+,18-/m1/s1. The van der Waals surface area contributed by atoms with E-state index in [1.165, 1.54) is 43.7 Å². The van der Waals surface area contributed by atoms with Crippen molar-refractivity contribution >= 4 is 0 Å². The molecule has 3 heteroatoms. The molecule has 114 valence electrons. The van der Waals surface area contributed by atoms with Crippen molar-refractivity contribution in [2.45, 2.75) is 25.9 Å². The van der Waals surface area contributed by atoms with Gasteiger partial charge in [0, 0.05) is 45.4 Å². The van der Waals surface area contributed by atoms with Crippen LogP contribution in [0.1, 0.15) is 17.5 Å². The Bertz CT molecular complexity index is 466.